The number of nitrogens with zero attached hydrogens (tertiary/aromatic N) is 2. The molecule has 0 fully saturated rings. The van der Waals surface area contributed by atoms with Crippen molar-refractivity contribution in [2.45, 2.75) is 74.1 Å². The number of carbonyl (C=O) groups excluding carboxylic acids is 1. The SMILES string of the molecule is COC(=O)CCc1c(C)c2cc3nc(c(-c4ccc(OCCOc5ccc6c(C)cc(=O)oc6c5)cc4)c4nc(cc5[nH]c(cc1[nH]2)c(CCC(=O)O)c5C)C(C)=C4C)C(C)=C3C. The van der Waals surface area contributed by atoms with E-state index < -0.39 is 11.6 Å². The van der Waals surface area contributed by atoms with E-state index in [-0.39, 0.29) is 32.0 Å². The number of esters is 1. The molecule has 0 radical (unpaired) electrons. The average molecular weight is 847 g/mol. The van der Waals surface area contributed by atoms with E-state index in [1.807, 2.05) is 69.3 Å². The number of carboxylic acid groups (broad SMARTS) is 1. The molecule has 12 heteroatoms. The van der Waals surface area contributed by atoms with Crippen molar-refractivity contribution < 1.29 is 33.3 Å². The number of ether oxygens (including phenoxy) is 3. The molecule has 0 saturated carbocycles. The Morgan fingerprint density at radius 2 is 1.19 bits per heavy atom. The summed E-state index contributed by atoms with van der Waals surface area (Å²) in [6, 6.07) is 21.0. The number of aromatic nitrogens is 4. The molecular weight excluding hydrogens is 797 g/mol. The van der Waals surface area contributed by atoms with E-state index in [2.05, 4.69) is 43.7 Å². The Hall–Kier alpha value is -7.21. The van der Waals surface area contributed by atoms with Gasteiger partial charge in [0.2, 0.25) is 0 Å². The minimum Gasteiger partial charge on any atom is -0.490 e. The molecule has 6 aromatic rings. The fourth-order valence-electron chi connectivity index (χ4n) is 8.42. The second-order valence-corrected chi connectivity index (χ2v) is 16.2. The summed E-state index contributed by atoms with van der Waals surface area (Å²) in [5, 5.41) is 10.6. The number of hydrogen-bond acceptors (Lipinski definition) is 9. The van der Waals surface area contributed by atoms with Gasteiger partial charge >= 0.3 is 17.6 Å². The van der Waals surface area contributed by atoms with Crippen LogP contribution in [0.1, 0.15) is 91.1 Å². The molecule has 63 heavy (non-hydrogen) atoms. The van der Waals surface area contributed by atoms with Gasteiger partial charge in [0.1, 0.15) is 30.3 Å². The number of carbonyl (C=O) groups is 2. The summed E-state index contributed by atoms with van der Waals surface area (Å²) in [6.07, 6.45) is 0.955. The molecule has 2 aromatic carbocycles. The monoisotopic (exact) mass is 846 g/mol. The van der Waals surface area contributed by atoms with Crippen LogP contribution in [0.2, 0.25) is 0 Å². The molecule has 0 aliphatic carbocycles. The highest BCUT2D eigenvalue weighted by molar-refractivity contribution is 6.01. The molecule has 4 aromatic heterocycles. The zero-order valence-corrected chi connectivity index (χ0v) is 36.8. The van der Waals surface area contributed by atoms with Gasteiger partial charge in [0.25, 0.3) is 0 Å². The summed E-state index contributed by atoms with van der Waals surface area (Å²) >= 11 is 0. The van der Waals surface area contributed by atoms with Crippen molar-refractivity contribution in [3.8, 4) is 22.6 Å². The number of benzene rings is 2. The largest absolute Gasteiger partial charge is 0.490 e. The Kier molecular flexibility index (Phi) is 11.6. The summed E-state index contributed by atoms with van der Waals surface area (Å²) in [5.41, 5.74) is 17.1. The van der Waals surface area contributed by atoms with Crippen LogP contribution in [0.25, 0.3) is 66.5 Å². The van der Waals surface area contributed by atoms with Gasteiger partial charge in [0, 0.05) is 58.0 Å². The van der Waals surface area contributed by atoms with Gasteiger partial charge in [-0.25, -0.2) is 14.8 Å². The molecule has 322 valence electrons. The highest BCUT2D eigenvalue weighted by atomic mass is 16.5. The fourth-order valence-corrected chi connectivity index (χ4v) is 8.42. The van der Waals surface area contributed by atoms with Crippen molar-refractivity contribution in [1.29, 1.82) is 0 Å². The van der Waals surface area contributed by atoms with Crippen molar-refractivity contribution in [3.63, 3.8) is 0 Å². The van der Waals surface area contributed by atoms with Crippen LogP contribution in [0.5, 0.6) is 11.5 Å². The Morgan fingerprint density at radius 3 is 1.75 bits per heavy atom. The zero-order valence-electron chi connectivity index (χ0n) is 36.8. The predicted octanol–water partition coefficient (Wildman–Crippen LogP) is 10.5. The van der Waals surface area contributed by atoms with Crippen LogP contribution in [0, 0.1) is 20.8 Å². The molecule has 2 aliphatic heterocycles. The maximum Gasteiger partial charge on any atom is 0.336 e. The number of aliphatic carboxylic acids is 1. The maximum atomic E-state index is 12.4. The average Bonchev–Trinajstić information content (AvgIpc) is 3.91. The molecule has 0 unspecified atom stereocenters. The lowest BCUT2D eigenvalue weighted by molar-refractivity contribution is -0.140. The number of allylic oxidation sites excluding steroid dienone is 4. The second-order valence-electron chi connectivity index (χ2n) is 16.2. The lowest BCUT2D eigenvalue weighted by Crippen LogP contribution is -2.09. The number of methoxy groups -OCH3 is 1. The van der Waals surface area contributed by atoms with Gasteiger partial charge in [0.05, 0.1) is 29.9 Å². The molecule has 0 atom stereocenters. The lowest BCUT2D eigenvalue weighted by atomic mass is 9.94. The third kappa shape index (κ3) is 8.40. The quantitative estimate of drug-likeness (QED) is 0.0612. The van der Waals surface area contributed by atoms with Crippen LogP contribution in [-0.4, -0.2) is 57.3 Å². The molecule has 0 saturated heterocycles. The number of fused-ring (bicyclic) bond motifs is 9. The van der Waals surface area contributed by atoms with Gasteiger partial charge in [-0.3, -0.25) is 9.59 Å². The Bertz CT molecular complexity index is 3150. The molecule has 6 heterocycles. The molecular formula is C51H50N4O8. The number of hydrogen-bond donors (Lipinski definition) is 3. The number of H-pyrrole nitrogens is 2. The normalized spacial score (nSPS) is 12.6. The Balaban J connectivity index is 1.24. The first kappa shape index (κ1) is 42.5. The minimum atomic E-state index is -0.875. The number of aryl methyl sites for hydroxylation is 5. The van der Waals surface area contributed by atoms with Crippen molar-refractivity contribution >= 4 is 67.3 Å². The predicted molar refractivity (Wildman–Crippen MR) is 247 cm³/mol. The Labute approximate surface area is 364 Å². The van der Waals surface area contributed by atoms with E-state index in [1.54, 1.807) is 6.07 Å². The van der Waals surface area contributed by atoms with Crippen LogP contribution in [0.15, 0.2) is 75.9 Å². The van der Waals surface area contributed by atoms with E-state index in [9.17, 15) is 19.5 Å². The number of rotatable bonds is 12. The summed E-state index contributed by atoms with van der Waals surface area (Å²) in [5.74, 6) is 0.0683. The maximum absolute atomic E-state index is 12.4. The molecule has 12 nitrogen and oxygen atoms in total. The van der Waals surface area contributed by atoms with Crippen LogP contribution >= 0.6 is 0 Å². The summed E-state index contributed by atoms with van der Waals surface area (Å²) in [6.45, 7) is 14.8. The first-order valence-corrected chi connectivity index (χ1v) is 21.0. The summed E-state index contributed by atoms with van der Waals surface area (Å²) in [4.78, 5) is 54.0. The van der Waals surface area contributed by atoms with Gasteiger partial charge in [-0.1, -0.05) is 12.1 Å². The Morgan fingerprint density at radius 1 is 0.651 bits per heavy atom. The van der Waals surface area contributed by atoms with Crippen molar-refractivity contribution in [2.24, 2.45) is 0 Å². The van der Waals surface area contributed by atoms with Gasteiger partial charge in [-0.2, -0.15) is 0 Å². The highest BCUT2D eigenvalue weighted by Gasteiger charge is 2.25. The molecule has 3 N–H and O–H groups in total. The first-order valence-electron chi connectivity index (χ1n) is 21.0. The number of aromatic amines is 2. The topological polar surface area (TPSA) is 170 Å². The van der Waals surface area contributed by atoms with Crippen LogP contribution in [0.4, 0.5) is 0 Å². The summed E-state index contributed by atoms with van der Waals surface area (Å²) in [7, 11) is 1.39. The number of carboxylic acids is 1. The molecule has 0 spiro atoms. The van der Waals surface area contributed by atoms with Crippen molar-refractivity contribution in [1.82, 2.24) is 19.9 Å². The summed E-state index contributed by atoms with van der Waals surface area (Å²) < 4.78 is 22.4. The zero-order chi connectivity index (χ0) is 44.7. The fraction of sp³-hybridized carbons (Fsp3) is 0.275. The van der Waals surface area contributed by atoms with E-state index in [1.165, 1.54) is 13.2 Å². The standard InChI is InChI=1S/C51H50N4O8/c1-26-21-48(59)63-45-22-35(13-14-36(26)45)62-20-19-61-34-11-9-33(10-12-34)49-50-29(4)27(2)39(54-50)23-41-31(6)37(15-17-46(56)57)43(52-41)25-44-38(16-18-47(58)60-8)32(7)42(53-44)24-40-28(3)30(5)51(49)55-40/h9-14,21-25,52-53H,15-20H2,1-8H3,(H,56,57). The minimum absolute atomic E-state index is 0.0276. The smallest absolute Gasteiger partial charge is 0.336 e. The van der Waals surface area contributed by atoms with Crippen LogP contribution in [-0.2, 0) is 27.2 Å². The second kappa shape index (κ2) is 17.3. The lowest BCUT2D eigenvalue weighted by Gasteiger charge is -2.12. The van der Waals surface area contributed by atoms with Gasteiger partial charge in [-0.15, -0.1) is 0 Å². The third-order valence-electron chi connectivity index (χ3n) is 12.4. The highest BCUT2D eigenvalue weighted by Crippen LogP contribution is 2.42. The van der Waals surface area contributed by atoms with Crippen LogP contribution < -0.4 is 15.1 Å². The van der Waals surface area contributed by atoms with Crippen molar-refractivity contribution in [3.05, 3.63) is 128 Å². The van der Waals surface area contributed by atoms with E-state index in [4.69, 9.17) is 28.6 Å². The molecule has 2 aliphatic rings. The molecule has 8 rings (SSSR count). The molecule has 8 bridgehead atoms. The van der Waals surface area contributed by atoms with E-state index >= 15 is 0 Å². The molecule has 0 amide bonds. The van der Waals surface area contributed by atoms with Gasteiger partial charge < -0.3 is 33.7 Å². The van der Waals surface area contributed by atoms with Crippen molar-refractivity contribution in [2.75, 3.05) is 20.3 Å². The third-order valence-corrected chi connectivity index (χ3v) is 12.4. The van der Waals surface area contributed by atoms with Crippen LogP contribution in [0.3, 0.4) is 0 Å². The van der Waals surface area contributed by atoms with Gasteiger partial charge in [-0.05, 0) is 159 Å². The van der Waals surface area contributed by atoms with Gasteiger partial charge in [0.15, 0.2) is 0 Å². The first-order chi connectivity index (χ1) is 30.2. The number of nitrogens with one attached hydrogen (secondary N) is 2. The van der Waals surface area contributed by atoms with E-state index in [0.717, 1.165) is 111 Å². The van der Waals surface area contributed by atoms with E-state index in [0.29, 0.717) is 29.9 Å².